The summed E-state index contributed by atoms with van der Waals surface area (Å²) in [5.74, 6) is -2.37. The lowest BCUT2D eigenvalue weighted by atomic mass is 10.3. The van der Waals surface area contributed by atoms with Crippen molar-refractivity contribution < 1.29 is 13.6 Å². The van der Waals surface area contributed by atoms with E-state index < -0.39 is 17.5 Å². The molecule has 0 bridgehead atoms. The van der Waals surface area contributed by atoms with Gasteiger partial charge in [-0.1, -0.05) is 0 Å². The van der Waals surface area contributed by atoms with Gasteiger partial charge in [0.2, 0.25) is 5.91 Å². The fourth-order valence-corrected chi connectivity index (χ4v) is 1.24. The lowest BCUT2D eigenvalue weighted by Gasteiger charge is -2.05. The number of hydrogen-bond donors (Lipinski definition) is 1. The smallest absolute Gasteiger partial charge is 0.246 e. The molecule has 1 heterocycles. The molecule has 0 radical (unpaired) electrons. The molecule has 2 rings (SSSR count). The van der Waals surface area contributed by atoms with E-state index in [4.69, 9.17) is 0 Å². The summed E-state index contributed by atoms with van der Waals surface area (Å²) in [6, 6.07) is 3.13. The van der Waals surface area contributed by atoms with Crippen molar-refractivity contribution in [3.8, 4) is 0 Å². The van der Waals surface area contributed by atoms with Crippen LogP contribution in [0.2, 0.25) is 0 Å². The van der Waals surface area contributed by atoms with Crippen molar-refractivity contribution in [2.45, 2.75) is 6.54 Å². The third kappa shape index (κ3) is 2.83. The number of carbonyl (C=O) groups excluding carboxylic acids is 1. The molecule has 0 saturated heterocycles. The second-order valence-electron chi connectivity index (χ2n) is 3.27. The summed E-state index contributed by atoms with van der Waals surface area (Å²) >= 11 is 0. The number of aromatic nitrogens is 3. The van der Waals surface area contributed by atoms with Crippen LogP contribution in [-0.2, 0) is 11.3 Å². The highest BCUT2D eigenvalue weighted by molar-refractivity contribution is 5.90. The minimum Gasteiger partial charge on any atom is -0.324 e. The molecule has 0 spiro atoms. The van der Waals surface area contributed by atoms with Crippen molar-refractivity contribution in [3.05, 3.63) is 42.5 Å². The van der Waals surface area contributed by atoms with Crippen LogP contribution in [-0.4, -0.2) is 20.7 Å². The van der Waals surface area contributed by atoms with E-state index >= 15 is 0 Å². The largest absolute Gasteiger partial charge is 0.324 e. The van der Waals surface area contributed by atoms with Crippen LogP contribution in [0.25, 0.3) is 0 Å². The third-order valence-corrected chi connectivity index (χ3v) is 1.98. The zero-order valence-corrected chi connectivity index (χ0v) is 8.60. The zero-order chi connectivity index (χ0) is 12.3. The van der Waals surface area contributed by atoms with E-state index in [1.54, 1.807) is 0 Å². The van der Waals surface area contributed by atoms with Gasteiger partial charge in [0.15, 0.2) is 11.6 Å². The molecule has 0 aliphatic carbocycles. The highest BCUT2D eigenvalue weighted by Crippen LogP contribution is 2.12. The van der Waals surface area contributed by atoms with Gasteiger partial charge < -0.3 is 5.32 Å². The van der Waals surface area contributed by atoms with Gasteiger partial charge in [0.25, 0.3) is 0 Å². The van der Waals surface area contributed by atoms with E-state index in [1.165, 1.54) is 23.4 Å². The van der Waals surface area contributed by atoms with Crippen molar-refractivity contribution in [3.63, 3.8) is 0 Å². The Hall–Kier alpha value is -2.31. The lowest BCUT2D eigenvalue weighted by molar-refractivity contribution is -0.116. The molecule has 17 heavy (non-hydrogen) atoms. The predicted octanol–water partition coefficient (Wildman–Crippen LogP) is 1.19. The summed E-state index contributed by atoms with van der Waals surface area (Å²) in [6.07, 6.45) is 2.68. The molecule has 1 aromatic heterocycles. The van der Waals surface area contributed by atoms with Crippen LogP contribution < -0.4 is 5.32 Å². The second kappa shape index (κ2) is 4.69. The quantitative estimate of drug-likeness (QED) is 0.873. The maximum atomic E-state index is 12.9. The van der Waals surface area contributed by atoms with Gasteiger partial charge in [-0.3, -0.25) is 4.79 Å². The minimum atomic E-state index is -1.01. The van der Waals surface area contributed by atoms with Gasteiger partial charge in [-0.25, -0.2) is 18.4 Å². The van der Waals surface area contributed by atoms with E-state index in [2.05, 4.69) is 15.4 Å². The Kier molecular flexibility index (Phi) is 3.08. The molecule has 0 saturated carbocycles. The van der Waals surface area contributed by atoms with Crippen molar-refractivity contribution >= 4 is 11.6 Å². The summed E-state index contributed by atoms with van der Waals surface area (Å²) in [7, 11) is 0. The summed E-state index contributed by atoms with van der Waals surface area (Å²) in [5.41, 5.74) is 0.189. The minimum absolute atomic E-state index is 0.0427. The first-order valence-electron chi connectivity index (χ1n) is 4.72. The third-order valence-electron chi connectivity index (χ3n) is 1.98. The van der Waals surface area contributed by atoms with Gasteiger partial charge in [-0.15, -0.1) is 0 Å². The first-order valence-corrected chi connectivity index (χ1v) is 4.72. The molecule has 0 unspecified atom stereocenters. The maximum absolute atomic E-state index is 12.9. The molecule has 0 fully saturated rings. The van der Waals surface area contributed by atoms with Crippen LogP contribution in [0.1, 0.15) is 0 Å². The van der Waals surface area contributed by atoms with E-state index in [-0.39, 0.29) is 12.2 Å². The molecule has 88 valence electrons. The fraction of sp³-hybridized carbons (Fsp3) is 0.100. The zero-order valence-electron chi connectivity index (χ0n) is 8.60. The number of halogens is 2. The molecule has 0 aliphatic heterocycles. The van der Waals surface area contributed by atoms with Crippen LogP contribution in [0, 0.1) is 11.6 Å². The SMILES string of the molecule is O=C(Cn1cncn1)Nc1ccc(F)c(F)c1. The lowest BCUT2D eigenvalue weighted by Crippen LogP contribution is -2.19. The number of hydrogen-bond acceptors (Lipinski definition) is 3. The summed E-state index contributed by atoms with van der Waals surface area (Å²) in [6.45, 7) is -0.0427. The van der Waals surface area contributed by atoms with Crippen molar-refractivity contribution in [2.24, 2.45) is 0 Å². The fourth-order valence-electron chi connectivity index (χ4n) is 1.24. The van der Waals surface area contributed by atoms with Crippen LogP contribution >= 0.6 is 0 Å². The summed E-state index contributed by atoms with van der Waals surface area (Å²) in [5, 5.41) is 6.15. The topological polar surface area (TPSA) is 59.8 Å². The van der Waals surface area contributed by atoms with Gasteiger partial charge in [-0.05, 0) is 12.1 Å². The van der Waals surface area contributed by atoms with Crippen molar-refractivity contribution in [1.82, 2.24) is 14.8 Å². The Bertz CT molecular complexity index is 527. The van der Waals surface area contributed by atoms with Gasteiger partial charge >= 0.3 is 0 Å². The van der Waals surface area contributed by atoms with E-state index in [0.717, 1.165) is 12.1 Å². The predicted molar refractivity (Wildman–Crippen MR) is 55.0 cm³/mol. The molecule has 5 nitrogen and oxygen atoms in total. The highest BCUT2D eigenvalue weighted by atomic mass is 19.2. The number of carbonyl (C=O) groups is 1. The highest BCUT2D eigenvalue weighted by Gasteiger charge is 2.06. The Morgan fingerprint density at radius 3 is 2.82 bits per heavy atom. The molecule has 1 N–H and O–H groups in total. The monoisotopic (exact) mass is 238 g/mol. The van der Waals surface area contributed by atoms with Crippen molar-refractivity contribution in [2.75, 3.05) is 5.32 Å². The Labute approximate surface area is 95.1 Å². The first kappa shape index (κ1) is 11.2. The van der Waals surface area contributed by atoms with Gasteiger partial charge in [-0.2, -0.15) is 5.10 Å². The Balaban J connectivity index is 2.00. The van der Waals surface area contributed by atoms with E-state index in [1.807, 2.05) is 0 Å². The standard InChI is InChI=1S/C10H8F2N4O/c11-8-2-1-7(3-9(8)12)15-10(17)4-16-6-13-5-14-16/h1-3,5-6H,4H2,(H,15,17). The number of nitrogens with zero attached hydrogens (tertiary/aromatic N) is 3. The molecule has 1 amide bonds. The second-order valence-corrected chi connectivity index (χ2v) is 3.27. The number of nitrogens with one attached hydrogen (secondary N) is 1. The number of amides is 1. The molecule has 0 atom stereocenters. The van der Waals surface area contributed by atoms with E-state index in [0.29, 0.717) is 0 Å². The molecular weight excluding hydrogens is 230 g/mol. The normalized spacial score (nSPS) is 10.2. The van der Waals surface area contributed by atoms with Gasteiger partial charge in [0, 0.05) is 11.8 Å². The summed E-state index contributed by atoms with van der Waals surface area (Å²) < 4.78 is 26.8. The number of rotatable bonds is 3. The summed E-state index contributed by atoms with van der Waals surface area (Å²) in [4.78, 5) is 15.1. The van der Waals surface area contributed by atoms with Crippen LogP contribution in [0.15, 0.2) is 30.9 Å². The molecule has 7 heteroatoms. The van der Waals surface area contributed by atoms with Crippen LogP contribution in [0.5, 0.6) is 0 Å². The van der Waals surface area contributed by atoms with Crippen molar-refractivity contribution in [1.29, 1.82) is 0 Å². The molecule has 1 aromatic carbocycles. The number of anilines is 1. The molecular formula is C10H8F2N4O. The maximum Gasteiger partial charge on any atom is 0.246 e. The van der Waals surface area contributed by atoms with Crippen LogP contribution in [0.3, 0.4) is 0 Å². The number of benzene rings is 1. The van der Waals surface area contributed by atoms with Gasteiger partial charge in [0.05, 0.1) is 0 Å². The van der Waals surface area contributed by atoms with Gasteiger partial charge in [0.1, 0.15) is 19.2 Å². The molecule has 0 aliphatic rings. The first-order chi connectivity index (χ1) is 8.15. The average molecular weight is 238 g/mol. The van der Waals surface area contributed by atoms with E-state index in [9.17, 15) is 13.6 Å². The van der Waals surface area contributed by atoms with Crippen LogP contribution in [0.4, 0.5) is 14.5 Å². The Morgan fingerprint density at radius 2 is 2.18 bits per heavy atom. The Morgan fingerprint density at radius 1 is 1.35 bits per heavy atom. The average Bonchev–Trinajstić information content (AvgIpc) is 2.76. The molecule has 2 aromatic rings.